The Bertz CT molecular complexity index is 764. The van der Waals surface area contributed by atoms with E-state index >= 15 is 0 Å². The lowest BCUT2D eigenvalue weighted by atomic mass is 10.1. The van der Waals surface area contributed by atoms with Crippen LogP contribution in [0, 0.1) is 10.1 Å². The predicted molar refractivity (Wildman–Crippen MR) is 83.9 cm³/mol. The summed E-state index contributed by atoms with van der Waals surface area (Å²) in [5, 5.41) is 21.6. The second kappa shape index (κ2) is 6.99. The zero-order chi connectivity index (χ0) is 16.8. The van der Waals surface area contributed by atoms with E-state index in [4.69, 9.17) is 5.11 Å². The van der Waals surface area contributed by atoms with Crippen LogP contribution >= 0.6 is 0 Å². The van der Waals surface area contributed by atoms with E-state index in [1.807, 2.05) is 0 Å². The summed E-state index contributed by atoms with van der Waals surface area (Å²) >= 11 is 0. The average molecular weight is 312 g/mol. The fraction of sp³-hybridized carbons (Fsp3) is 0. The first-order valence-corrected chi connectivity index (χ1v) is 6.52. The van der Waals surface area contributed by atoms with Crippen LogP contribution in [0.3, 0.4) is 0 Å². The number of rotatable bonds is 5. The summed E-state index contributed by atoms with van der Waals surface area (Å²) in [6.07, 6.45) is 1.67. The number of nitro benzene ring substituents is 1. The van der Waals surface area contributed by atoms with E-state index in [9.17, 15) is 19.7 Å². The van der Waals surface area contributed by atoms with Gasteiger partial charge in [0.1, 0.15) is 0 Å². The van der Waals surface area contributed by atoms with E-state index in [2.05, 4.69) is 5.32 Å². The third kappa shape index (κ3) is 4.50. The van der Waals surface area contributed by atoms with Crippen molar-refractivity contribution in [3.63, 3.8) is 0 Å². The molecule has 0 aliphatic rings. The molecule has 23 heavy (non-hydrogen) atoms. The lowest BCUT2D eigenvalue weighted by Gasteiger charge is -2.05. The molecule has 7 nitrogen and oxygen atoms in total. The molecular formula is C16H12N2O5. The number of anilines is 1. The molecule has 2 rings (SSSR count). The van der Waals surface area contributed by atoms with E-state index < -0.39 is 16.8 Å². The number of carboxylic acid groups (broad SMARTS) is 1. The van der Waals surface area contributed by atoms with Gasteiger partial charge in [0.25, 0.3) is 5.69 Å². The van der Waals surface area contributed by atoms with Crippen LogP contribution in [0.1, 0.15) is 0 Å². The molecule has 116 valence electrons. The molecule has 2 aromatic carbocycles. The Morgan fingerprint density at radius 3 is 1.96 bits per heavy atom. The number of carbonyl (C=O) groups excluding carboxylic acids is 1. The molecule has 1 amide bonds. The van der Waals surface area contributed by atoms with Crippen molar-refractivity contribution in [2.45, 2.75) is 0 Å². The van der Waals surface area contributed by atoms with Crippen LogP contribution in [-0.4, -0.2) is 21.9 Å². The van der Waals surface area contributed by atoms with Crippen LogP contribution in [0.25, 0.3) is 11.1 Å². The highest BCUT2D eigenvalue weighted by molar-refractivity contribution is 6.02. The zero-order valence-corrected chi connectivity index (χ0v) is 11.8. The van der Waals surface area contributed by atoms with Gasteiger partial charge in [-0.15, -0.1) is 0 Å². The first-order valence-electron chi connectivity index (χ1n) is 6.52. The van der Waals surface area contributed by atoms with Crippen LogP contribution in [0.4, 0.5) is 11.4 Å². The van der Waals surface area contributed by atoms with E-state index in [0.29, 0.717) is 5.69 Å². The Morgan fingerprint density at radius 1 is 0.957 bits per heavy atom. The fourth-order valence-corrected chi connectivity index (χ4v) is 1.85. The fourth-order valence-electron chi connectivity index (χ4n) is 1.85. The smallest absolute Gasteiger partial charge is 0.328 e. The average Bonchev–Trinajstić information content (AvgIpc) is 2.54. The van der Waals surface area contributed by atoms with Crippen LogP contribution in [0.5, 0.6) is 0 Å². The van der Waals surface area contributed by atoms with Crippen molar-refractivity contribution in [1.82, 2.24) is 0 Å². The molecule has 0 saturated carbocycles. The van der Waals surface area contributed by atoms with Gasteiger partial charge >= 0.3 is 5.97 Å². The summed E-state index contributed by atoms with van der Waals surface area (Å²) in [6.45, 7) is 0. The molecule has 2 N–H and O–H groups in total. The van der Waals surface area contributed by atoms with Crippen molar-refractivity contribution < 1.29 is 19.6 Å². The van der Waals surface area contributed by atoms with Crippen LogP contribution in [0.2, 0.25) is 0 Å². The van der Waals surface area contributed by atoms with E-state index in [1.54, 1.807) is 36.4 Å². The molecule has 0 spiro atoms. The quantitative estimate of drug-likeness (QED) is 0.501. The number of nitro groups is 1. The SMILES string of the molecule is O=C(O)/C=C\C(=O)Nc1ccc(-c2ccc([N+](=O)[O-])cc2)cc1. The zero-order valence-electron chi connectivity index (χ0n) is 11.8. The molecule has 0 radical (unpaired) electrons. The topological polar surface area (TPSA) is 110 Å². The number of nitrogens with zero attached hydrogens (tertiary/aromatic N) is 1. The lowest BCUT2D eigenvalue weighted by molar-refractivity contribution is -0.384. The summed E-state index contributed by atoms with van der Waals surface area (Å²) in [5.41, 5.74) is 2.16. The number of amides is 1. The van der Waals surface area contributed by atoms with Gasteiger partial charge in [-0.25, -0.2) is 4.79 Å². The maximum Gasteiger partial charge on any atom is 0.328 e. The van der Waals surface area contributed by atoms with Crippen molar-refractivity contribution in [1.29, 1.82) is 0 Å². The van der Waals surface area contributed by atoms with Gasteiger partial charge in [-0.3, -0.25) is 14.9 Å². The van der Waals surface area contributed by atoms with E-state index in [1.165, 1.54) is 12.1 Å². The molecule has 0 aliphatic heterocycles. The standard InChI is InChI=1S/C16H12N2O5/c19-15(9-10-16(20)21)17-13-5-1-11(2-6-13)12-3-7-14(8-4-12)18(22)23/h1-10H,(H,17,19)(H,20,21)/b10-9-. The summed E-state index contributed by atoms with van der Waals surface area (Å²) in [4.78, 5) is 31.9. The minimum Gasteiger partial charge on any atom is -0.478 e. The van der Waals surface area contributed by atoms with Gasteiger partial charge in [0, 0.05) is 30.0 Å². The van der Waals surface area contributed by atoms with Gasteiger partial charge < -0.3 is 10.4 Å². The van der Waals surface area contributed by atoms with Gasteiger partial charge in [-0.1, -0.05) is 12.1 Å². The van der Waals surface area contributed by atoms with Gasteiger partial charge in [-0.2, -0.15) is 0 Å². The Balaban J connectivity index is 2.08. The molecule has 2 aromatic rings. The summed E-state index contributed by atoms with van der Waals surface area (Å²) in [7, 11) is 0. The largest absolute Gasteiger partial charge is 0.478 e. The third-order valence-corrected chi connectivity index (χ3v) is 2.94. The van der Waals surface area contributed by atoms with Crippen LogP contribution in [-0.2, 0) is 9.59 Å². The second-order valence-electron chi connectivity index (χ2n) is 4.54. The highest BCUT2D eigenvalue weighted by Gasteiger charge is 2.05. The maximum absolute atomic E-state index is 11.4. The minimum absolute atomic E-state index is 0.0165. The number of non-ortho nitro benzene ring substituents is 1. The predicted octanol–water partition coefficient (Wildman–Crippen LogP) is 2.84. The normalized spacial score (nSPS) is 10.4. The molecular weight excluding hydrogens is 300 g/mol. The molecule has 0 aliphatic carbocycles. The van der Waals surface area contributed by atoms with Gasteiger partial charge in [0.05, 0.1) is 4.92 Å². The number of carboxylic acids is 1. The van der Waals surface area contributed by atoms with Crippen molar-refractivity contribution >= 4 is 23.3 Å². The van der Waals surface area contributed by atoms with Crippen molar-refractivity contribution in [2.75, 3.05) is 5.32 Å². The Labute approximate surface area is 131 Å². The van der Waals surface area contributed by atoms with Gasteiger partial charge in [-0.05, 0) is 35.4 Å². The van der Waals surface area contributed by atoms with Crippen molar-refractivity contribution in [3.8, 4) is 11.1 Å². The summed E-state index contributed by atoms with van der Waals surface area (Å²) in [6, 6.07) is 12.9. The molecule has 0 atom stereocenters. The van der Waals surface area contributed by atoms with E-state index in [0.717, 1.165) is 23.3 Å². The summed E-state index contributed by atoms with van der Waals surface area (Å²) < 4.78 is 0. The lowest BCUT2D eigenvalue weighted by Crippen LogP contribution is -2.08. The van der Waals surface area contributed by atoms with Gasteiger partial charge in [0.15, 0.2) is 0 Å². The molecule has 0 bridgehead atoms. The minimum atomic E-state index is -1.20. The number of hydrogen-bond acceptors (Lipinski definition) is 4. The van der Waals surface area contributed by atoms with Crippen molar-refractivity contribution in [3.05, 3.63) is 70.8 Å². The Kier molecular flexibility index (Phi) is 4.83. The van der Waals surface area contributed by atoms with Crippen LogP contribution < -0.4 is 5.32 Å². The molecule has 0 aromatic heterocycles. The number of aliphatic carboxylic acids is 1. The first-order chi connectivity index (χ1) is 11.0. The van der Waals surface area contributed by atoms with Crippen LogP contribution in [0.15, 0.2) is 60.7 Å². The molecule has 7 heteroatoms. The van der Waals surface area contributed by atoms with Crippen molar-refractivity contribution in [2.24, 2.45) is 0 Å². The third-order valence-electron chi connectivity index (χ3n) is 2.94. The second-order valence-corrected chi connectivity index (χ2v) is 4.54. The molecule has 0 heterocycles. The summed E-state index contributed by atoms with van der Waals surface area (Å²) in [5.74, 6) is -1.75. The number of carbonyl (C=O) groups is 2. The number of benzene rings is 2. The Morgan fingerprint density at radius 2 is 1.48 bits per heavy atom. The molecule has 0 unspecified atom stereocenters. The Hall–Kier alpha value is -3.48. The highest BCUT2D eigenvalue weighted by Crippen LogP contribution is 2.23. The monoisotopic (exact) mass is 312 g/mol. The molecule has 0 fully saturated rings. The highest BCUT2D eigenvalue weighted by atomic mass is 16.6. The number of hydrogen-bond donors (Lipinski definition) is 2. The number of nitrogens with one attached hydrogen (secondary N) is 1. The van der Waals surface area contributed by atoms with E-state index in [-0.39, 0.29) is 5.69 Å². The first kappa shape index (κ1) is 15.9. The maximum atomic E-state index is 11.4. The molecule has 0 saturated heterocycles. The van der Waals surface area contributed by atoms with Gasteiger partial charge in [0.2, 0.25) is 5.91 Å².